The van der Waals surface area contributed by atoms with E-state index in [1.807, 2.05) is 6.07 Å². The zero-order valence-electron chi connectivity index (χ0n) is 20.3. The highest BCUT2D eigenvalue weighted by Gasteiger charge is 2.30. The number of halogens is 4. The third-order valence-corrected chi connectivity index (χ3v) is 5.70. The van der Waals surface area contributed by atoms with Gasteiger partial charge in [-0.2, -0.15) is 18.4 Å². The van der Waals surface area contributed by atoms with Gasteiger partial charge in [0, 0.05) is 25.5 Å². The molecule has 14 heteroatoms. The number of hydrogen-bond acceptors (Lipinski definition) is 7. The number of rotatable bonds is 6. The molecule has 0 unspecified atom stereocenters. The van der Waals surface area contributed by atoms with Crippen molar-refractivity contribution in [2.45, 2.75) is 13.1 Å². The Morgan fingerprint density at radius 1 is 1.08 bits per heavy atom. The highest BCUT2D eigenvalue weighted by molar-refractivity contribution is 6.32. The van der Waals surface area contributed by atoms with Gasteiger partial charge in [-0.1, -0.05) is 11.6 Å². The summed E-state index contributed by atoms with van der Waals surface area (Å²) in [6, 6.07) is 11.2. The number of hydrogen-bond donors (Lipinski definition) is 3. The van der Waals surface area contributed by atoms with Gasteiger partial charge in [0.2, 0.25) is 0 Å². The molecule has 0 aliphatic carbocycles. The molecule has 0 aliphatic heterocycles. The summed E-state index contributed by atoms with van der Waals surface area (Å²) in [5.41, 5.74) is -0.0887. The van der Waals surface area contributed by atoms with Crippen molar-refractivity contribution in [1.82, 2.24) is 25.1 Å². The average Bonchev–Trinajstić information content (AvgIpc) is 3.32. The van der Waals surface area contributed by atoms with Crippen molar-refractivity contribution in [2.24, 2.45) is 0 Å². The van der Waals surface area contributed by atoms with Crippen LogP contribution < -0.4 is 16.0 Å². The molecule has 2 amide bonds. The van der Waals surface area contributed by atoms with Crippen LogP contribution in [0.5, 0.6) is 0 Å². The molecule has 4 aromatic rings. The lowest BCUT2D eigenvalue weighted by atomic mass is 10.0. The first-order chi connectivity index (χ1) is 18.5. The molecule has 10 nitrogen and oxygen atoms in total. The van der Waals surface area contributed by atoms with Crippen molar-refractivity contribution in [3.05, 3.63) is 87.8 Å². The molecule has 198 valence electrons. The monoisotopic (exact) mass is 554 g/mol. The number of aromatic nitrogens is 4. The van der Waals surface area contributed by atoms with Crippen molar-refractivity contribution in [3.63, 3.8) is 0 Å². The molecule has 0 fully saturated rings. The summed E-state index contributed by atoms with van der Waals surface area (Å²) >= 11 is 6.29. The summed E-state index contributed by atoms with van der Waals surface area (Å²) in [6.45, 7) is 1.62. The fourth-order valence-corrected chi connectivity index (χ4v) is 3.78. The maximum Gasteiger partial charge on any atom is 0.417 e. The second kappa shape index (κ2) is 10.8. The standard InChI is InChI=1S/C25H18ClF3N8O2/c1-13-8-14(11-30)9-16(23(38)31-2)21(13)35-24(39)18-10-20(36-37(18)22-17(26)4-3-7-32-22)34-19-6-5-15(12-33-19)25(27,28)29/h3-10,12H,1-2H3,(H,31,38)(H,35,39)(H,33,34,36). The predicted octanol–water partition coefficient (Wildman–Crippen LogP) is 4.87. The number of amides is 2. The smallest absolute Gasteiger partial charge is 0.355 e. The SMILES string of the molecule is CNC(=O)c1cc(C#N)cc(C)c1NC(=O)c1cc(Nc2ccc(C(F)(F)F)cn2)nn1-c1ncccc1Cl. The van der Waals surface area contributed by atoms with E-state index in [0.717, 1.165) is 16.8 Å². The van der Waals surface area contributed by atoms with Crippen LogP contribution in [0.15, 0.2) is 54.9 Å². The maximum atomic E-state index is 13.5. The molecule has 0 bridgehead atoms. The maximum absolute atomic E-state index is 13.5. The molecule has 4 rings (SSSR count). The molecule has 0 radical (unpaired) electrons. The van der Waals surface area contributed by atoms with Gasteiger partial charge in [0.15, 0.2) is 11.6 Å². The number of anilines is 3. The molecule has 3 heterocycles. The van der Waals surface area contributed by atoms with Gasteiger partial charge in [0.25, 0.3) is 11.8 Å². The normalized spacial score (nSPS) is 11.0. The van der Waals surface area contributed by atoms with E-state index in [-0.39, 0.29) is 45.0 Å². The molecule has 3 aromatic heterocycles. The molecular formula is C25H18ClF3N8O2. The van der Waals surface area contributed by atoms with Gasteiger partial charge in [-0.15, -0.1) is 5.10 Å². The number of nitrogens with zero attached hydrogens (tertiary/aromatic N) is 5. The van der Waals surface area contributed by atoms with Crippen molar-refractivity contribution in [3.8, 4) is 11.9 Å². The molecule has 3 N–H and O–H groups in total. The van der Waals surface area contributed by atoms with Crippen LogP contribution in [0.1, 0.15) is 37.5 Å². The van der Waals surface area contributed by atoms with Crippen LogP contribution in [-0.4, -0.2) is 38.6 Å². The van der Waals surface area contributed by atoms with Crippen molar-refractivity contribution in [2.75, 3.05) is 17.7 Å². The Kier molecular flexibility index (Phi) is 7.50. The van der Waals surface area contributed by atoms with Crippen LogP contribution in [-0.2, 0) is 6.18 Å². The fourth-order valence-electron chi connectivity index (χ4n) is 3.57. The van der Waals surface area contributed by atoms with Crippen LogP contribution in [0.4, 0.5) is 30.5 Å². The Bertz CT molecular complexity index is 1610. The largest absolute Gasteiger partial charge is 0.417 e. The molecular weight excluding hydrogens is 537 g/mol. The van der Waals surface area contributed by atoms with Gasteiger partial charge >= 0.3 is 6.18 Å². The van der Waals surface area contributed by atoms with Crippen LogP contribution in [0.3, 0.4) is 0 Å². The van der Waals surface area contributed by atoms with Crippen LogP contribution in [0.2, 0.25) is 5.02 Å². The average molecular weight is 555 g/mol. The molecule has 0 saturated heterocycles. The number of aryl methyl sites for hydroxylation is 1. The van der Waals surface area contributed by atoms with Crippen LogP contribution in [0.25, 0.3) is 5.82 Å². The Hall–Kier alpha value is -4.96. The first-order valence-electron chi connectivity index (χ1n) is 11.1. The third-order valence-electron chi connectivity index (χ3n) is 5.40. The summed E-state index contributed by atoms with van der Waals surface area (Å²) in [5, 5.41) is 21.7. The minimum atomic E-state index is -4.55. The summed E-state index contributed by atoms with van der Waals surface area (Å²) < 4.78 is 39.8. The molecule has 0 aliphatic rings. The topological polar surface area (TPSA) is 138 Å². The number of benzene rings is 1. The number of nitriles is 1. The van der Waals surface area contributed by atoms with E-state index in [1.165, 1.54) is 37.5 Å². The summed E-state index contributed by atoms with van der Waals surface area (Å²) in [6.07, 6.45) is -2.45. The first kappa shape index (κ1) is 27.1. The molecule has 1 aromatic carbocycles. The van der Waals surface area contributed by atoms with Gasteiger partial charge in [0.05, 0.1) is 33.5 Å². The Labute approximate surface area is 224 Å². The number of pyridine rings is 2. The Balaban J connectivity index is 1.75. The van der Waals surface area contributed by atoms with Crippen molar-refractivity contribution >= 4 is 40.7 Å². The first-order valence-corrected chi connectivity index (χ1v) is 11.5. The molecule has 0 atom stereocenters. The summed E-state index contributed by atoms with van der Waals surface area (Å²) in [7, 11) is 1.41. The molecule has 39 heavy (non-hydrogen) atoms. The number of alkyl halides is 3. The number of carbonyl (C=O) groups is 2. The van der Waals surface area contributed by atoms with E-state index in [1.54, 1.807) is 13.0 Å². The van der Waals surface area contributed by atoms with Gasteiger partial charge in [-0.05, 0) is 48.9 Å². The fraction of sp³-hybridized carbons (Fsp3) is 0.120. The molecule has 0 spiro atoms. The quantitative estimate of drug-likeness (QED) is 0.309. The third kappa shape index (κ3) is 5.81. The van der Waals surface area contributed by atoms with E-state index >= 15 is 0 Å². The van der Waals surface area contributed by atoms with E-state index in [9.17, 15) is 28.0 Å². The Morgan fingerprint density at radius 2 is 1.85 bits per heavy atom. The molecule has 0 saturated carbocycles. The lowest BCUT2D eigenvalue weighted by Crippen LogP contribution is -2.24. The zero-order chi connectivity index (χ0) is 28.3. The second-order valence-electron chi connectivity index (χ2n) is 8.05. The van der Waals surface area contributed by atoms with Crippen LogP contribution in [0, 0.1) is 18.3 Å². The van der Waals surface area contributed by atoms with Gasteiger partial charge in [-0.3, -0.25) is 9.59 Å². The zero-order valence-corrected chi connectivity index (χ0v) is 21.0. The predicted molar refractivity (Wildman–Crippen MR) is 136 cm³/mol. The summed E-state index contributed by atoms with van der Waals surface area (Å²) in [4.78, 5) is 33.9. The minimum Gasteiger partial charge on any atom is -0.355 e. The van der Waals surface area contributed by atoms with Gasteiger partial charge < -0.3 is 16.0 Å². The Morgan fingerprint density at radius 3 is 2.46 bits per heavy atom. The highest BCUT2D eigenvalue weighted by atomic mass is 35.5. The van der Waals surface area contributed by atoms with E-state index < -0.39 is 23.6 Å². The van der Waals surface area contributed by atoms with E-state index in [2.05, 4.69) is 31.0 Å². The summed E-state index contributed by atoms with van der Waals surface area (Å²) in [5.74, 6) is -1.05. The van der Waals surface area contributed by atoms with E-state index in [0.29, 0.717) is 11.8 Å². The van der Waals surface area contributed by atoms with E-state index in [4.69, 9.17) is 11.6 Å². The van der Waals surface area contributed by atoms with Crippen LogP contribution >= 0.6 is 11.6 Å². The van der Waals surface area contributed by atoms with Crippen molar-refractivity contribution < 1.29 is 22.8 Å². The minimum absolute atomic E-state index is 0.0385. The number of carbonyl (C=O) groups excluding carboxylic acids is 2. The number of nitrogens with one attached hydrogen (secondary N) is 3. The van der Waals surface area contributed by atoms with Gasteiger partial charge in [-0.25, -0.2) is 14.6 Å². The van der Waals surface area contributed by atoms with Crippen molar-refractivity contribution in [1.29, 1.82) is 5.26 Å². The lowest BCUT2D eigenvalue weighted by molar-refractivity contribution is -0.137. The highest BCUT2D eigenvalue weighted by Crippen LogP contribution is 2.30. The lowest BCUT2D eigenvalue weighted by Gasteiger charge is -2.14. The second-order valence-corrected chi connectivity index (χ2v) is 8.46. The van der Waals surface area contributed by atoms with Gasteiger partial charge in [0.1, 0.15) is 11.5 Å².